The minimum atomic E-state index is -4.27. The number of carboxylic acids is 1. The van der Waals surface area contributed by atoms with Crippen LogP contribution in [0.4, 0.5) is 18.9 Å². The van der Waals surface area contributed by atoms with Gasteiger partial charge in [-0.2, -0.15) is 13.2 Å². The summed E-state index contributed by atoms with van der Waals surface area (Å²) in [6, 6.07) is 2.88. The third-order valence-electron chi connectivity index (χ3n) is 2.91. The molecule has 7 heteroatoms. The number of aromatic carboxylic acids is 1. The number of anilines is 1. The number of nitrogens with zero attached hydrogens (tertiary/aromatic N) is 2. The van der Waals surface area contributed by atoms with E-state index in [9.17, 15) is 18.0 Å². The molecular weight excluding hydrogens is 261 g/mol. The Bertz CT molecular complexity index is 509. The SMILES string of the molecule is O=C(O)c1ccc(N2CC=C(C(F)(F)F)CC2)cn1. The molecule has 1 aliphatic heterocycles. The molecule has 2 rings (SSSR count). The highest BCUT2D eigenvalue weighted by molar-refractivity contribution is 5.85. The van der Waals surface area contributed by atoms with Gasteiger partial charge in [-0.25, -0.2) is 9.78 Å². The molecule has 0 radical (unpaired) electrons. The number of pyridine rings is 1. The lowest BCUT2D eigenvalue weighted by Crippen LogP contribution is -2.31. The normalized spacial score (nSPS) is 16.2. The van der Waals surface area contributed by atoms with Crippen molar-refractivity contribution in [1.82, 2.24) is 4.98 Å². The van der Waals surface area contributed by atoms with Crippen LogP contribution in [0.15, 0.2) is 30.0 Å². The molecule has 0 aromatic carbocycles. The quantitative estimate of drug-likeness (QED) is 0.840. The van der Waals surface area contributed by atoms with Gasteiger partial charge in [-0.3, -0.25) is 0 Å². The van der Waals surface area contributed by atoms with Crippen molar-refractivity contribution >= 4 is 11.7 Å². The number of aromatic nitrogens is 1. The van der Waals surface area contributed by atoms with Gasteiger partial charge in [-0.05, 0) is 18.6 Å². The molecule has 0 aliphatic carbocycles. The second-order valence-corrected chi connectivity index (χ2v) is 4.13. The number of halogens is 3. The average molecular weight is 272 g/mol. The van der Waals surface area contributed by atoms with Crippen molar-refractivity contribution in [3.05, 3.63) is 35.7 Å². The number of hydrogen-bond acceptors (Lipinski definition) is 3. The molecule has 0 saturated carbocycles. The molecule has 0 spiro atoms. The van der Waals surface area contributed by atoms with Crippen molar-refractivity contribution < 1.29 is 23.1 Å². The molecule has 1 N–H and O–H groups in total. The van der Waals surface area contributed by atoms with Crippen molar-refractivity contribution in [1.29, 1.82) is 0 Å². The van der Waals surface area contributed by atoms with Crippen molar-refractivity contribution in [3.63, 3.8) is 0 Å². The first-order valence-electron chi connectivity index (χ1n) is 5.58. The maximum Gasteiger partial charge on any atom is 0.412 e. The van der Waals surface area contributed by atoms with Crippen LogP contribution in [0, 0.1) is 0 Å². The summed E-state index contributed by atoms with van der Waals surface area (Å²) in [4.78, 5) is 16.1. The predicted molar refractivity (Wildman–Crippen MR) is 62.2 cm³/mol. The van der Waals surface area contributed by atoms with Crippen molar-refractivity contribution in [3.8, 4) is 0 Å². The average Bonchev–Trinajstić information content (AvgIpc) is 2.38. The third kappa shape index (κ3) is 3.04. The first-order valence-corrected chi connectivity index (χ1v) is 5.58. The number of hydrogen-bond donors (Lipinski definition) is 1. The van der Waals surface area contributed by atoms with Gasteiger partial charge < -0.3 is 10.0 Å². The maximum atomic E-state index is 12.4. The lowest BCUT2D eigenvalue weighted by atomic mass is 10.1. The molecule has 0 atom stereocenters. The van der Waals surface area contributed by atoms with Crippen molar-refractivity contribution in [2.45, 2.75) is 12.6 Å². The second-order valence-electron chi connectivity index (χ2n) is 4.13. The van der Waals surface area contributed by atoms with Gasteiger partial charge in [-0.15, -0.1) is 0 Å². The van der Waals surface area contributed by atoms with E-state index in [0.717, 1.165) is 6.08 Å². The predicted octanol–water partition coefficient (Wildman–Crippen LogP) is 2.48. The number of rotatable bonds is 2. The molecule has 2 heterocycles. The summed E-state index contributed by atoms with van der Waals surface area (Å²) in [6.45, 7) is 0.377. The molecule has 1 aromatic rings. The maximum absolute atomic E-state index is 12.4. The molecule has 19 heavy (non-hydrogen) atoms. The van der Waals surface area contributed by atoms with Gasteiger partial charge in [0, 0.05) is 18.7 Å². The van der Waals surface area contributed by atoms with E-state index in [4.69, 9.17) is 5.11 Å². The lowest BCUT2D eigenvalue weighted by Gasteiger charge is -2.28. The van der Waals surface area contributed by atoms with Gasteiger partial charge in [0.2, 0.25) is 0 Å². The molecule has 4 nitrogen and oxygen atoms in total. The minimum absolute atomic E-state index is 0.0792. The van der Waals surface area contributed by atoms with E-state index < -0.39 is 17.7 Å². The summed E-state index contributed by atoms with van der Waals surface area (Å²) in [7, 11) is 0. The zero-order valence-electron chi connectivity index (χ0n) is 9.81. The van der Waals surface area contributed by atoms with Crippen molar-refractivity contribution in [2.24, 2.45) is 0 Å². The topological polar surface area (TPSA) is 53.4 Å². The van der Waals surface area contributed by atoms with E-state index in [-0.39, 0.29) is 25.2 Å². The van der Waals surface area contributed by atoms with Crippen LogP contribution in [0.5, 0.6) is 0 Å². The van der Waals surface area contributed by atoms with E-state index in [1.165, 1.54) is 12.3 Å². The fraction of sp³-hybridized carbons (Fsp3) is 0.333. The molecule has 0 bridgehead atoms. The molecular formula is C12H11F3N2O2. The number of carbonyl (C=O) groups is 1. The van der Waals surface area contributed by atoms with E-state index in [2.05, 4.69) is 4.98 Å². The largest absolute Gasteiger partial charge is 0.477 e. The molecule has 102 valence electrons. The van der Waals surface area contributed by atoms with Crippen LogP contribution in [0.1, 0.15) is 16.9 Å². The summed E-state index contributed by atoms with van der Waals surface area (Å²) in [5.74, 6) is -1.13. The highest BCUT2D eigenvalue weighted by atomic mass is 19.4. The Balaban J connectivity index is 2.09. The fourth-order valence-electron chi connectivity index (χ4n) is 1.86. The summed E-state index contributed by atoms with van der Waals surface area (Å²) >= 11 is 0. The summed E-state index contributed by atoms with van der Waals surface area (Å²) in [5.41, 5.74) is 0.00798. The van der Waals surface area contributed by atoms with Crippen LogP contribution >= 0.6 is 0 Å². The van der Waals surface area contributed by atoms with Crippen LogP contribution in [0.2, 0.25) is 0 Å². The Hall–Kier alpha value is -2.05. The van der Waals surface area contributed by atoms with Crippen LogP contribution in [0.25, 0.3) is 0 Å². The summed E-state index contributed by atoms with van der Waals surface area (Å²) in [6.07, 6.45) is -1.84. The minimum Gasteiger partial charge on any atom is -0.477 e. The van der Waals surface area contributed by atoms with Crippen LogP contribution in [0.3, 0.4) is 0 Å². The zero-order valence-corrected chi connectivity index (χ0v) is 9.81. The Morgan fingerprint density at radius 2 is 2.11 bits per heavy atom. The number of alkyl halides is 3. The van der Waals surface area contributed by atoms with E-state index >= 15 is 0 Å². The highest BCUT2D eigenvalue weighted by Gasteiger charge is 2.34. The zero-order chi connectivity index (χ0) is 14.0. The van der Waals surface area contributed by atoms with Gasteiger partial charge in [0.05, 0.1) is 11.9 Å². The third-order valence-corrected chi connectivity index (χ3v) is 2.91. The van der Waals surface area contributed by atoms with Crippen LogP contribution in [-0.2, 0) is 0 Å². The Morgan fingerprint density at radius 3 is 2.53 bits per heavy atom. The van der Waals surface area contributed by atoms with E-state index in [0.29, 0.717) is 5.69 Å². The standard InChI is InChI=1S/C12H11F3N2O2/c13-12(14,15)8-3-5-17(6-4-8)9-1-2-10(11(18)19)16-7-9/h1-3,7H,4-6H2,(H,18,19). The van der Waals surface area contributed by atoms with Crippen molar-refractivity contribution in [2.75, 3.05) is 18.0 Å². The van der Waals surface area contributed by atoms with Crippen LogP contribution < -0.4 is 4.90 Å². The van der Waals surface area contributed by atoms with Gasteiger partial charge in [0.25, 0.3) is 0 Å². The molecule has 0 amide bonds. The smallest absolute Gasteiger partial charge is 0.412 e. The van der Waals surface area contributed by atoms with Crippen LogP contribution in [-0.4, -0.2) is 35.3 Å². The Kier molecular flexibility index (Phi) is 3.46. The Labute approximate surface area is 107 Å². The van der Waals surface area contributed by atoms with Gasteiger partial charge >= 0.3 is 12.1 Å². The van der Waals surface area contributed by atoms with Gasteiger partial charge in [0.1, 0.15) is 5.69 Å². The van der Waals surface area contributed by atoms with E-state index in [1.807, 2.05) is 0 Å². The molecule has 0 unspecified atom stereocenters. The Morgan fingerprint density at radius 1 is 1.37 bits per heavy atom. The molecule has 1 aromatic heterocycles. The summed E-state index contributed by atoms with van der Waals surface area (Å²) < 4.78 is 37.3. The van der Waals surface area contributed by atoms with E-state index in [1.54, 1.807) is 11.0 Å². The summed E-state index contributed by atoms with van der Waals surface area (Å²) in [5, 5.41) is 8.70. The molecule has 1 aliphatic rings. The number of carboxylic acid groups (broad SMARTS) is 1. The fourth-order valence-corrected chi connectivity index (χ4v) is 1.86. The lowest BCUT2D eigenvalue weighted by molar-refractivity contribution is -0.0944. The molecule has 0 fully saturated rings. The van der Waals surface area contributed by atoms with Gasteiger partial charge in [-0.1, -0.05) is 6.08 Å². The van der Waals surface area contributed by atoms with Gasteiger partial charge in [0.15, 0.2) is 0 Å². The monoisotopic (exact) mass is 272 g/mol. The first kappa shape index (κ1) is 13.4. The highest BCUT2D eigenvalue weighted by Crippen LogP contribution is 2.31. The second kappa shape index (κ2) is 4.91. The molecule has 0 saturated heterocycles. The first-order chi connectivity index (χ1) is 8.88.